The van der Waals surface area contributed by atoms with E-state index in [1.165, 1.54) is 19.3 Å². The Labute approximate surface area is 144 Å². The molecule has 2 aliphatic carbocycles. The number of fused-ring (bicyclic) bond motifs is 2. The van der Waals surface area contributed by atoms with Gasteiger partial charge in [0, 0.05) is 16.5 Å². The largest absolute Gasteiger partial charge is 0.311 e. The molecule has 2 saturated carbocycles. The van der Waals surface area contributed by atoms with Gasteiger partial charge in [-0.05, 0) is 42.7 Å². The Morgan fingerprint density at radius 1 is 1.26 bits per heavy atom. The van der Waals surface area contributed by atoms with Crippen molar-refractivity contribution in [2.24, 2.45) is 17.8 Å². The Balaban J connectivity index is 1.47. The summed E-state index contributed by atoms with van der Waals surface area (Å²) < 4.78 is 2.91. The van der Waals surface area contributed by atoms with Gasteiger partial charge in [0.25, 0.3) is 0 Å². The van der Waals surface area contributed by atoms with Crippen LogP contribution in [-0.4, -0.2) is 15.7 Å². The van der Waals surface area contributed by atoms with E-state index in [1.807, 2.05) is 28.9 Å². The van der Waals surface area contributed by atoms with E-state index in [4.69, 9.17) is 0 Å². The first-order valence-electron chi connectivity index (χ1n) is 8.27. The van der Waals surface area contributed by atoms with E-state index in [2.05, 4.69) is 32.4 Å². The molecule has 2 fully saturated rings. The summed E-state index contributed by atoms with van der Waals surface area (Å²) in [5, 5.41) is 7.46. The zero-order valence-corrected chi connectivity index (χ0v) is 14.5. The van der Waals surface area contributed by atoms with Gasteiger partial charge in [0.15, 0.2) is 0 Å². The van der Waals surface area contributed by atoms with Crippen LogP contribution in [-0.2, 0) is 11.3 Å². The molecule has 1 heterocycles. The molecular formula is C18H20BrN3O. The second-order valence-electron chi connectivity index (χ2n) is 6.74. The number of amides is 1. The number of hydrogen-bond acceptors (Lipinski definition) is 2. The van der Waals surface area contributed by atoms with Gasteiger partial charge >= 0.3 is 0 Å². The molecule has 1 N–H and O–H groups in total. The number of nitrogens with zero attached hydrogens (tertiary/aromatic N) is 2. The zero-order valence-electron chi connectivity index (χ0n) is 12.9. The molecule has 5 heteroatoms. The molecule has 1 aromatic heterocycles. The summed E-state index contributed by atoms with van der Waals surface area (Å²) in [6.45, 7) is 0.640. The summed E-state index contributed by atoms with van der Waals surface area (Å²) in [7, 11) is 0. The van der Waals surface area contributed by atoms with Gasteiger partial charge in [0.05, 0.1) is 12.7 Å². The van der Waals surface area contributed by atoms with E-state index in [9.17, 15) is 4.79 Å². The number of hydrogen-bond donors (Lipinski definition) is 1. The van der Waals surface area contributed by atoms with Gasteiger partial charge in [-0.15, -0.1) is 0 Å². The van der Waals surface area contributed by atoms with Gasteiger partial charge < -0.3 is 5.32 Å². The first kappa shape index (κ1) is 14.9. The summed E-state index contributed by atoms with van der Waals surface area (Å²) >= 11 is 3.56. The summed E-state index contributed by atoms with van der Waals surface area (Å²) in [5.41, 5.74) is 1.15. The van der Waals surface area contributed by atoms with Crippen molar-refractivity contribution in [3.05, 3.63) is 46.6 Å². The fourth-order valence-corrected chi connectivity index (χ4v) is 4.55. The van der Waals surface area contributed by atoms with Gasteiger partial charge in [-0.25, -0.2) is 4.68 Å². The summed E-state index contributed by atoms with van der Waals surface area (Å²) in [4.78, 5) is 12.6. The molecule has 23 heavy (non-hydrogen) atoms. The molecule has 1 amide bonds. The molecule has 0 saturated heterocycles. The van der Waals surface area contributed by atoms with Crippen LogP contribution in [0.1, 0.15) is 31.2 Å². The van der Waals surface area contributed by atoms with Gasteiger partial charge in [0.2, 0.25) is 5.91 Å². The summed E-state index contributed by atoms with van der Waals surface area (Å²) in [6, 6.07) is 9.97. The Morgan fingerprint density at radius 3 is 2.87 bits per heavy atom. The SMILES string of the molecule is O=C(Nc1ccnn1Cc1ccccc1Br)C1CC2CCC1C2. The van der Waals surface area contributed by atoms with E-state index in [0.717, 1.165) is 28.2 Å². The fourth-order valence-electron chi connectivity index (χ4n) is 4.14. The van der Waals surface area contributed by atoms with Crippen LogP contribution in [0.5, 0.6) is 0 Å². The lowest BCUT2D eigenvalue weighted by Crippen LogP contribution is -2.28. The van der Waals surface area contributed by atoms with Crippen LogP contribution in [0.3, 0.4) is 0 Å². The Bertz CT molecular complexity index is 727. The van der Waals surface area contributed by atoms with Crippen LogP contribution in [0.25, 0.3) is 0 Å². The van der Waals surface area contributed by atoms with Crippen LogP contribution in [0.15, 0.2) is 41.0 Å². The van der Waals surface area contributed by atoms with Gasteiger partial charge in [-0.2, -0.15) is 5.10 Å². The van der Waals surface area contributed by atoms with Crippen LogP contribution < -0.4 is 5.32 Å². The van der Waals surface area contributed by atoms with Crippen LogP contribution in [0.4, 0.5) is 5.82 Å². The highest BCUT2D eigenvalue weighted by atomic mass is 79.9. The zero-order chi connectivity index (χ0) is 15.8. The van der Waals surface area contributed by atoms with E-state index in [0.29, 0.717) is 12.5 Å². The average molecular weight is 374 g/mol. The average Bonchev–Trinajstić information content (AvgIpc) is 3.27. The van der Waals surface area contributed by atoms with Gasteiger partial charge in [-0.3, -0.25) is 4.79 Å². The molecular weight excluding hydrogens is 354 g/mol. The minimum absolute atomic E-state index is 0.172. The maximum atomic E-state index is 12.6. The highest BCUT2D eigenvalue weighted by molar-refractivity contribution is 9.10. The topological polar surface area (TPSA) is 46.9 Å². The van der Waals surface area contributed by atoms with E-state index >= 15 is 0 Å². The maximum absolute atomic E-state index is 12.6. The third kappa shape index (κ3) is 2.94. The van der Waals surface area contributed by atoms with Crippen molar-refractivity contribution in [2.75, 3.05) is 5.32 Å². The minimum Gasteiger partial charge on any atom is -0.311 e. The number of carbonyl (C=O) groups excluding carboxylic acids is 1. The number of rotatable bonds is 4. The molecule has 1 aromatic carbocycles. The summed E-state index contributed by atoms with van der Waals surface area (Å²) in [5.74, 6) is 2.53. The van der Waals surface area contributed by atoms with Crippen molar-refractivity contribution >= 4 is 27.7 Å². The van der Waals surface area contributed by atoms with Crippen molar-refractivity contribution < 1.29 is 4.79 Å². The third-order valence-electron chi connectivity index (χ3n) is 5.32. The fraction of sp³-hybridized carbons (Fsp3) is 0.444. The van der Waals surface area contributed by atoms with Crippen molar-refractivity contribution in [3.8, 4) is 0 Å². The molecule has 0 aliphatic heterocycles. The quantitative estimate of drug-likeness (QED) is 0.877. The van der Waals surface area contributed by atoms with E-state index in [-0.39, 0.29) is 11.8 Å². The second kappa shape index (κ2) is 6.11. The normalized spacial score (nSPS) is 25.7. The highest BCUT2D eigenvalue weighted by Gasteiger charge is 2.43. The number of anilines is 1. The monoisotopic (exact) mass is 373 g/mol. The maximum Gasteiger partial charge on any atom is 0.228 e. The van der Waals surface area contributed by atoms with Crippen molar-refractivity contribution in [3.63, 3.8) is 0 Å². The molecule has 3 atom stereocenters. The summed E-state index contributed by atoms with van der Waals surface area (Å²) in [6.07, 6.45) is 6.59. The predicted octanol–water partition coefficient (Wildman–Crippen LogP) is 4.07. The van der Waals surface area contributed by atoms with Crippen LogP contribution in [0.2, 0.25) is 0 Å². The molecule has 2 aromatic rings. The first-order chi connectivity index (χ1) is 11.2. The Hall–Kier alpha value is -1.62. The molecule has 2 bridgehead atoms. The van der Waals surface area contributed by atoms with Crippen molar-refractivity contribution in [1.29, 1.82) is 0 Å². The lowest BCUT2D eigenvalue weighted by atomic mass is 9.88. The van der Waals surface area contributed by atoms with Gasteiger partial charge in [-0.1, -0.05) is 40.5 Å². The second-order valence-corrected chi connectivity index (χ2v) is 7.59. The number of halogens is 1. The highest BCUT2D eigenvalue weighted by Crippen LogP contribution is 2.48. The standard InChI is InChI=1S/C18H20BrN3O/c19-16-4-2-1-3-14(16)11-22-17(7-8-20-22)21-18(23)15-10-12-5-6-13(15)9-12/h1-4,7-8,12-13,15H,5-6,9-11H2,(H,21,23). The smallest absolute Gasteiger partial charge is 0.228 e. The van der Waals surface area contributed by atoms with E-state index < -0.39 is 0 Å². The Morgan fingerprint density at radius 2 is 2.13 bits per heavy atom. The lowest BCUT2D eigenvalue weighted by Gasteiger charge is -2.21. The Kier molecular flexibility index (Phi) is 3.97. The van der Waals surface area contributed by atoms with Crippen molar-refractivity contribution in [2.45, 2.75) is 32.2 Å². The number of nitrogens with one attached hydrogen (secondary N) is 1. The molecule has 2 aliphatic rings. The lowest BCUT2D eigenvalue weighted by molar-refractivity contribution is -0.121. The molecule has 0 spiro atoms. The number of aromatic nitrogens is 2. The molecule has 4 nitrogen and oxygen atoms in total. The van der Waals surface area contributed by atoms with Crippen molar-refractivity contribution in [1.82, 2.24) is 9.78 Å². The third-order valence-corrected chi connectivity index (χ3v) is 6.09. The molecule has 0 radical (unpaired) electrons. The number of benzene rings is 1. The predicted molar refractivity (Wildman–Crippen MR) is 93.0 cm³/mol. The minimum atomic E-state index is 0.172. The van der Waals surface area contributed by atoms with Crippen LogP contribution >= 0.6 is 15.9 Å². The number of carbonyl (C=O) groups is 1. The molecule has 3 unspecified atom stereocenters. The van der Waals surface area contributed by atoms with E-state index in [1.54, 1.807) is 6.20 Å². The first-order valence-corrected chi connectivity index (χ1v) is 9.06. The molecule has 120 valence electrons. The van der Waals surface area contributed by atoms with Gasteiger partial charge in [0.1, 0.15) is 5.82 Å². The molecule has 4 rings (SSSR count). The van der Waals surface area contributed by atoms with Crippen LogP contribution in [0, 0.1) is 17.8 Å².